The Balaban J connectivity index is 1.88. The highest BCUT2D eigenvalue weighted by Gasteiger charge is 2.28. The summed E-state index contributed by atoms with van der Waals surface area (Å²) >= 11 is 4.90. The summed E-state index contributed by atoms with van der Waals surface area (Å²) in [6, 6.07) is 5.69. The first kappa shape index (κ1) is 13.4. The lowest BCUT2D eigenvalue weighted by Crippen LogP contribution is -2.31. The number of hydrogen-bond acceptors (Lipinski definition) is 4. The van der Waals surface area contributed by atoms with Gasteiger partial charge in [-0.2, -0.15) is 0 Å². The van der Waals surface area contributed by atoms with Crippen molar-refractivity contribution in [3.05, 3.63) is 22.7 Å². The van der Waals surface area contributed by atoms with E-state index in [1.165, 1.54) is 4.90 Å². The predicted octanol–water partition coefficient (Wildman–Crippen LogP) is 2.27. The summed E-state index contributed by atoms with van der Waals surface area (Å²) in [6.45, 7) is 0.456. The second-order valence-electron chi connectivity index (χ2n) is 3.97. The summed E-state index contributed by atoms with van der Waals surface area (Å²) in [7, 11) is 0. The predicted molar refractivity (Wildman–Crippen MR) is 75.2 cm³/mol. The van der Waals surface area contributed by atoms with Gasteiger partial charge in [-0.05, 0) is 18.2 Å². The van der Waals surface area contributed by atoms with Crippen LogP contribution >= 0.6 is 27.7 Å². The SMILES string of the molecule is Nc1cc(Br)ccc1SCCN1C(=O)CCC1=O. The van der Waals surface area contributed by atoms with Crippen molar-refractivity contribution in [3.8, 4) is 0 Å². The molecule has 2 N–H and O–H groups in total. The highest BCUT2D eigenvalue weighted by atomic mass is 79.9. The number of halogens is 1. The number of hydrogen-bond donors (Lipinski definition) is 1. The Kier molecular flexibility index (Phi) is 4.29. The van der Waals surface area contributed by atoms with Gasteiger partial charge in [0.25, 0.3) is 0 Å². The molecule has 4 nitrogen and oxygen atoms in total. The molecule has 96 valence electrons. The number of carbonyl (C=O) groups is 2. The molecule has 2 rings (SSSR count). The van der Waals surface area contributed by atoms with Crippen LogP contribution in [0.2, 0.25) is 0 Å². The van der Waals surface area contributed by atoms with Crippen LogP contribution in [0.1, 0.15) is 12.8 Å². The summed E-state index contributed by atoms with van der Waals surface area (Å²) in [4.78, 5) is 25.1. The quantitative estimate of drug-likeness (QED) is 0.523. The lowest BCUT2D eigenvalue weighted by Gasteiger charge is -2.13. The number of amides is 2. The summed E-state index contributed by atoms with van der Waals surface area (Å²) in [5.41, 5.74) is 6.57. The van der Waals surface area contributed by atoms with Gasteiger partial charge in [0.15, 0.2) is 0 Å². The van der Waals surface area contributed by atoms with Gasteiger partial charge in [-0.1, -0.05) is 15.9 Å². The van der Waals surface area contributed by atoms with Gasteiger partial charge in [0, 0.05) is 40.2 Å². The molecule has 0 unspecified atom stereocenters. The minimum Gasteiger partial charge on any atom is -0.398 e. The Morgan fingerprint density at radius 2 is 1.94 bits per heavy atom. The van der Waals surface area contributed by atoms with Crippen LogP contribution in [-0.4, -0.2) is 29.0 Å². The van der Waals surface area contributed by atoms with Crippen molar-refractivity contribution < 1.29 is 9.59 Å². The van der Waals surface area contributed by atoms with E-state index in [4.69, 9.17) is 5.73 Å². The third kappa shape index (κ3) is 3.05. The highest BCUT2D eigenvalue weighted by Crippen LogP contribution is 2.28. The van der Waals surface area contributed by atoms with Gasteiger partial charge < -0.3 is 5.73 Å². The van der Waals surface area contributed by atoms with Crippen molar-refractivity contribution in [1.82, 2.24) is 4.90 Å². The minimum atomic E-state index is -0.0654. The van der Waals surface area contributed by atoms with Crippen LogP contribution in [0.4, 0.5) is 5.69 Å². The van der Waals surface area contributed by atoms with Gasteiger partial charge in [-0.25, -0.2) is 0 Å². The molecule has 0 spiro atoms. The van der Waals surface area contributed by atoms with Gasteiger partial charge in [-0.15, -0.1) is 11.8 Å². The summed E-state index contributed by atoms with van der Waals surface area (Å²) in [5.74, 6) is 0.539. The monoisotopic (exact) mass is 328 g/mol. The molecule has 2 amide bonds. The van der Waals surface area contributed by atoms with E-state index in [1.54, 1.807) is 11.8 Å². The number of nitrogens with two attached hydrogens (primary N) is 1. The molecule has 0 bridgehead atoms. The molecule has 0 aliphatic carbocycles. The van der Waals surface area contributed by atoms with Crippen molar-refractivity contribution in [1.29, 1.82) is 0 Å². The van der Waals surface area contributed by atoms with E-state index in [1.807, 2.05) is 18.2 Å². The highest BCUT2D eigenvalue weighted by molar-refractivity contribution is 9.10. The minimum absolute atomic E-state index is 0.0654. The first-order chi connectivity index (χ1) is 8.58. The second kappa shape index (κ2) is 5.75. The zero-order valence-electron chi connectivity index (χ0n) is 9.69. The fourth-order valence-electron chi connectivity index (χ4n) is 1.77. The molecule has 1 heterocycles. The Morgan fingerprint density at radius 1 is 1.28 bits per heavy atom. The fourth-order valence-corrected chi connectivity index (χ4v) is 3.03. The first-order valence-electron chi connectivity index (χ1n) is 5.59. The smallest absolute Gasteiger partial charge is 0.229 e. The number of nitrogens with zero attached hydrogens (tertiary/aromatic N) is 1. The maximum atomic E-state index is 11.4. The lowest BCUT2D eigenvalue weighted by atomic mass is 10.3. The van der Waals surface area contributed by atoms with Crippen molar-refractivity contribution in [3.63, 3.8) is 0 Å². The number of imide groups is 1. The van der Waals surface area contributed by atoms with E-state index in [-0.39, 0.29) is 11.8 Å². The Labute approximate surface area is 118 Å². The van der Waals surface area contributed by atoms with Crippen molar-refractivity contribution >= 4 is 45.2 Å². The molecule has 1 fully saturated rings. The van der Waals surface area contributed by atoms with Gasteiger partial charge in [0.05, 0.1) is 0 Å². The van der Waals surface area contributed by atoms with E-state index < -0.39 is 0 Å². The summed E-state index contributed by atoms with van der Waals surface area (Å²) < 4.78 is 0.939. The van der Waals surface area contributed by atoms with Crippen LogP contribution in [0.25, 0.3) is 0 Å². The molecular formula is C12H13BrN2O2S. The molecule has 1 aliphatic rings. The average molecular weight is 329 g/mol. The van der Waals surface area contributed by atoms with E-state index >= 15 is 0 Å². The molecule has 1 aromatic carbocycles. The van der Waals surface area contributed by atoms with Gasteiger partial charge in [-0.3, -0.25) is 14.5 Å². The number of thioether (sulfide) groups is 1. The van der Waals surface area contributed by atoms with Crippen LogP contribution in [-0.2, 0) is 9.59 Å². The number of benzene rings is 1. The molecule has 0 aromatic heterocycles. The van der Waals surface area contributed by atoms with Crippen molar-refractivity contribution in [2.24, 2.45) is 0 Å². The second-order valence-corrected chi connectivity index (χ2v) is 6.02. The molecule has 0 atom stereocenters. The number of anilines is 1. The number of likely N-dealkylation sites (tertiary alicyclic amines) is 1. The van der Waals surface area contributed by atoms with Gasteiger partial charge in [0.1, 0.15) is 0 Å². The maximum Gasteiger partial charge on any atom is 0.229 e. The van der Waals surface area contributed by atoms with E-state index in [9.17, 15) is 9.59 Å². The zero-order chi connectivity index (χ0) is 13.1. The molecule has 1 aliphatic heterocycles. The zero-order valence-corrected chi connectivity index (χ0v) is 12.1. The van der Waals surface area contributed by atoms with Crippen LogP contribution in [0.15, 0.2) is 27.6 Å². The normalized spacial score (nSPS) is 15.5. The molecule has 6 heteroatoms. The van der Waals surface area contributed by atoms with Crippen molar-refractivity contribution in [2.75, 3.05) is 18.0 Å². The van der Waals surface area contributed by atoms with E-state index in [0.29, 0.717) is 30.8 Å². The Bertz CT molecular complexity index is 477. The fraction of sp³-hybridized carbons (Fsp3) is 0.333. The summed E-state index contributed by atoms with van der Waals surface area (Å²) in [5, 5.41) is 0. The average Bonchev–Trinajstić information content (AvgIpc) is 2.63. The topological polar surface area (TPSA) is 63.4 Å². The Hall–Kier alpha value is -1.01. The van der Waals surface area contributed by atoms with E-state index in [0.717, 1.165) is 9.37 Å². The number of nitrogen functional groups attached to an aromatic ring is 1. The maximum absolute atomic E-state index is 11.4. The van der Waals surface area contributed by atoms with Crippen LogP contribution in [0.3, 0.4) is 0 Å². The molecule has 1 aromatic rings. The van der Waals surface area contributed by atoms with Crippen LogP contribution in [0, 0.1) is 0 Å². The van der Waals surface area contributed by atoms with Crippen LogP contribution in [0.5, 0.6) is 0 Å². The molecule has 18 heavy (non-hydrogen) atoms. The largest absolute Gasteiger partial charge is 0.398 e. The van der Waals surface area contributed by atoms with Crippen molar-refractivity contribution in [2.45, 2.75) is 17.7 Å². The van der Waals surface area contributed by atoms with Gasteiger partial charge >= 0.3 is 0 Å². The molecular weight excluding hydrogens is 316 g/mol. The third-order valence-electron chi connectivity index (χ3n) is 2.70. The van der Waals surface area contributed by atoms with Gasteiger partial charge in [0.2, 0.25) is 11.8 Å². The molecule has 1 saturated heterocycles. The summed E-state index contributed by atoms with van der Waals surface area (Å²) in [6.07, 6.45) is 0.702. The third-order valence-corrected chi connectivity index (χ3v) is 4.26. The van der Waals surface area contributed by atoms with Crippen LogP contribution < -0.4 is 5.73 Å². The lowest BCUT2D eigenvalue weighted by molar-refractivity contribution is -0.137. The van der Waals surface area contributed by atoms with E-state index in [2.05, 4.69) is 15.9 Å². The molecule has 0 radical (unpaired) electrons. The number of carbonyl (C=O) groups excluding carboxylic acids is 2. The Morgan fingerprint density at radius 3 is 2.56 bits per heavy atom. The number of rotatable bonds is 4. The first-order valence-corrected chi connectivity index (χ1v) is 7.37. The standard InChI is InChI=1S/C12H13BrN2O2S/c13-8-1-2-10(9(14)7-8)18-6-5-15-11(16)3-4-12(15)17/h1-2,7H,3-6,14H2. The molecule has 0 saturated carbocycles.